The van der Waals surface area contributed by atoms with Crippen LogP contribution < -0.4 is 10.6 Å². The smallest absolute Gasteiger partial charge is 0.338 e. The molecule has 0 saturated carbocycles. The quantitative estimate of drug-likeness (QED) is 0.644. The molecule has 124 valence electrons. The molecule has 0 unspecified atom stereocenters. The van der Waals surface area contributed by atoms with E-state index in [9.17, 15) is 4.79 Å². The summed E-state index contributed by atoms with van der Waals surface area (Å²) in [6.07, 6.45) is 0.680. The van der Waals surface area contributed by atoms with Crippen molar-refractivity contribution in [1.29, 1.82) is 0 Å². The maximum absolute atomic E-state index is 12.3. The number of hydrogen-bond donors (Lipinski definition) is 2. The van der Waals surface area contributed by atoms with Gasteiger partial charge in [-0.2, -0.15) is 0 Å². The second-order valence-corrected chi connectivity index (χ2v) is 6.86. The Morgan fingerprint density at radius 2 is 2.00 bits per heavy atom. The number of hydrogen-bond acceptors (Lipinski definition) is 4. The number of carbonyl (C=O) groups is 1. The van der Waals surface area contributed by atoms with Gasteiger partial charge in [-0.15, -0.1) is 11.3 Å². The van der Waals surface area contributed by atoms with Gasteiger partial charge in [0.1, 0.15) is 0 Å². The lowest BCUT2D eigenvalue weighted by atomic mass is 10.00. The fourth-order valence-corrected chi connectivity index (χ4v) is 4.04. The van der Waals surface area contributed by atoms with Crippen LogP contribution >= 0.6 is 23.6 Å². The molecule has 1 aliphatic rings. The minimum atomic E-state index is -0.339. The van der Waals surface area contributed by atoms with Gasteiger partial charge in [0, 0.05) is 15.5 Å². The predicted octanol–water partition coefficient (Wildman–Crippen LogP) is 3.77. The highest BCUT2D eigenvalue weighted by atomic mass is 32.1. The standard InChI is InChI=1S/C18H18N2O2S2/c1-3-12-15(17(21)22-2)16(20-18(23)19-12)14-10-9-13(24-14)11-7-5-4-6-8-11/h4-10,16H,3H2,1-2H3,(H2,19,20,23)/t16-/m1/s1. The summed E-state index contributed by atoms with van der Waals surface area (Å²) >= 11 is 6.95. The lowest BCUT2D eigenvalue weighted by Crippen LogP contribution is -2.45. The van der Waals surface area contributed by atoms with E-state index in [1.807, 2.05) is 31.2 Å². The second-order valence-electron chi connectivity index (χ2n) is 5.34. The zero-order valence-electron chi connectivity index (χ0n) is 13.5. The Labute approximate surface area is 150 Å². The van der Waals surface area contributed by atoms with Crippen LogP contribution in [0.5, 0.6) is 0 Å². The highest BCUT2D eigenvalue weighted by Crippen LogP contribution is 2.36. The number of benzene rings is 1. The fraction of sp³-hybridized carbons (Fsp3) is 0.222. The van der Waals surface area contributed by atoms with Crippen LogP contribution in [-0.4, -0.2) is 18.2 Å². The van der Waals surface area contributed by atoms with Crippen LogP contribution in [0.1, 0.15) is 24.3 Å². The Balaban J connectivity index is 2.02. The van der Waals surface area contributed by atoms with Gasteiger partial charge in [-0.1, -0.05) is 37.3 Å². The van der Waals surface area contributed by atoms with Crippen LogP contribution in [0.2, 0.25) is 0 Å². The van der Waals surface area contributed by atoms with E-state index in [0.717, 1.165) is 21.0 Å². The molecule has 1 aromatic heterocycles. The summed E-state index contributed by atoms with van der Waals surface area (Å²) in [6.45, 7) is 1.99. The average molecular weight is 358 g/mol. The van der Waals surface area contributed by atoms with Gasteiger partial charge in [-0.25, -0.2) is 4.79 Å². The lowest BCUT2D eigenvalue weighted by Gasteiger charge is -2.29. The van der Waals surface area contributed by atoms with Gasteiger partial charge in [0.15, 0.2) is 5.11 Å². The summed E-state index contributed by atoms with van der Waals surface area (Å²) < 4.78 is 4.98. The van der Waals surface area contributed by atoms with Gasteiger partial charge in [-0.3, -0.25) is 0 Å². The normalized spacial score (nSPS) is 17.2. The number of thiophene rings is 1. The van der Waals surface area contributed by atoms with Crippen LogP contribution in [0.25, 0.3) is 10.4 Å². The van der Waals surface area contributed by atoms with E-state index in [1.54, 1.807) is 11.3 Å². The molecule has 1 aliphatic heterocycles. The number of esters is 1. The second kappa shape index (κ2) is 7.15. The topological polar surface area (TPSA) is 50.4 Å². The molecule has 4 nitrogen and oxygen atoms in total. The number of allylic oxidation sites excluding steroid dienone is 1. The average Bonchev–Trinajstić information content (AvgIpc) is 3.11. The Bertz CT molecular complexity index is 796. The first-order chi connectivity index (χ1) is 11.6. The molecule has 0 saturated heterocycles. The molecule has 3 rings (SSSR count). The molecule has 0 aliphatic carbocycles. The molecule has 0 amide bonds. The van der Waals surface area contributed by atoms with Crippen molar-refractivity contribution in [2.45, 2.75) is 19.4 Å². The molecular formula is C18H18N2O2S2. The number of methoxy groups -OCH3 is 1. The van der Waals surface area contributed by atoms with Crippen LogP contribution in [-0.2, 0) is 9.53 Å². The van der Waals surface area contributed by atoms with Gasteiger partial charge in [-0.05, 0) is 36.3 Å². The van der Waals surface area contributed by atoms with Crippen molar-refractivity contribution in [2.75, 3.05) is 7.11 Å². The SMILES string of the molecule is CCC1=C(C(=O)OC)[C@@H](c2ccc(-c3ccccc3)s2)NC(=S)N1. The Morgan fingerprint density at radius 1 is 1.25 bits per heavy atom. The van der Waals surface area contributed by atoms with Gasteiger partial charge in [0.25, 0.3) is 0 Å². The summed E-state index contributed by atoms with van der Waals surface area (Å²) in [7, 11) is 1.40. The molecule has 1 atom stereocenters. The monoisotopic (exact) mass is 358 g/mol. The zero-order valence-corrected chi connectivity index (χ0v) is 15.1. The highest BCUT2D eigenvalue weighted by Gasteiger charge is 2.32. The maximum Gasteiger partial charge on any atom is 0.338 e. The van der Waals surface area contributed by atoms with Crippen LogP contribution in [0.15, 0.2) is 53.7 Å². The summed E-state index contributed by atoms with van der Waals surface area (Å²) in [4.78, 5) is 14.5. The lowest BCUT2D eigenvalue weighted by molar-refractivity contribution is -0.136. The third-order valence-corrected chi connectivity index (χ3v) is 5.30. The van der Waals surface area contributed by atoms with E-state index in [2.05, 4.69) is 28.8 Å². The molecule has 0 fully saturated rings. The largest absolute Gasteiger partial charge is 0.466 e. The fourth-order valence-electron chi connectivity index (χ4n) is 2.73. The summed E-state index contributed by atoms with van der Waals surface area (Å²) in [5.41, 5.74) is 2.56. The molecule has 1 aromatic carbocycles. The highest BCUT2D eigenvalue weighted by molar-refractivity contribution is 7.80. The molecule has 0 spiro atoms. The van der Waals surface area contributed by atoms with E-state index >= 15 is 0 Å². The van der Waals surface area contributed by atoms with E-state index in [0.29, 0.717) is 17.1 Å². The van der Waals surface area contributed by atoms with E-state index in [-0.39, 0.29) is 12.0 Å². The molecule has 24 heavy (non-hydrogen) atoms. The summed E-state index contributed by atoms with van der Waals surface area (Å²) in [6, 6.07) is 14.0. The predicted molar refractivity (Wildman–Crippen MR) is 101 cm³/mol. The summed E-state index contributed by atoms with van der Waals surface area (Å²) in [5.74, 6) is -0.339. The molecular weight excluding hydrogens is 340 g/mol. The van der Waals surface area contributed by atoms with Crippen molar-refractivity contribution in [1.82, 2.24) is 10.6 Å². The Kier molecular flexibility index (Phi) is 4.97. The number of carbonyl (C=O) groups excluding carboxylic acids is 1. The van der Waals surface area contributed by atoms with E-state index in [4.69, 9.17) is 17.0 Å². The van der Waals surface area contributed by atoms with Gasteiger partial charge in [0.2, 0.25) is 0 Å². The summed E-state index contributed by atoms with van der Waals surface area (Å²) in [5, 5.41) is 6.80. The maximum atomic E-state index is 12.3. The number of thiocarbonyl (C=S) groups is 1. The first kappa shape index (κ1) is 16.7. The van der Waals surface area contributed by atoms with Crippen LogP contribution in [0.3, 0.4) is 0 Å². The third kappa shape index (κ3) is 3.20. The molecule has 6 heteroatoms. The molecule has 0 radical (unpaired) electrons. The van der Waals surface area contributed by atoms with Crippen molar-refractivity contribution >= 4 is 34.6 Å². The number of ether oxygens (including phenoxy) is 1. The van der Waals surface area contributed by atoms with Crippen molar-refractivity contribution < 1.29 is 9.53 Å². The first-order valence-corrected chi connectivity index (χ1v) is 8.90. The molecule has 2 aromatic rings. The van der Waals surface area contributed by atoms with Crippen LogP contribution in [0.4, 0.5) is 0 Å². The van der Waals surface area contributed by atoms with Gasteiger partial charge < -0.3 is 15.4 Å². The van der Waals surface area contributed by atoms with Gasteiger partial charge >= 0.3 is 5.97 Å². The molecule has 2 heterocycles. The van der Waals surface area contributed by atoms with Crippen LogP contribution in [0, 0.1) is 0 Å². The number of nitrogens with one attached hydrogen (secondary N) is 2. The minimum Gasteiger partial charge on any atom is -0.466 e. The molecule has 0 bridgehead atoms. The zero-order chi connectivity index (χ0) is 17.1. The van der Waals surface area contributed by atoms with Crippen molar-refractivity contribution in [3.63, 3.8) is 0 Å². The van der Waals surface area contributed by atoms with Crippen molar-refractivity contribution in [3.8, 4) is 10.4 Å². The minimum absolute atomic E-state index is 0.288. The first-order valence-electron chi connectivity index (χ1n) is 7.68. The van der Waals surface area contributed by atoms with E-state index in [1.165, 1.54) is 7.11 Å². The van der Waals surface area contributed by atoms with Crippen molar-refractivity contribution in [3.05, 3.63) is 58.6 Å². The third-order valence-electron chi connectivity index (χ3n) is 3.88. The molecule has 2 N–H and O–H groups in total. The number of rotatable bonds is 4. The van der Waals surface area contributed by atoms with E-state index < -0.39 is 0 Å². The van der Waals surface area contributed by atoms with Crippen molar-refractivity contribution in [2.24, 2.45) is 0 Å². The Hall–Kier alpha value is -2.18. The van der Waals surface area contributed by atoms with Gasteiger partial charge in [0.05, 0.1) is 18.7 Å². The Morgan fingerprint density at radius 3 is 2.67 bits per heavy atom.